The fraction of sp³-hybridized carbons (Fsp3) is 0.200. The zero-order valence-corrected chi connectivity index (χ0v) is 16.1. The van der Waals surface area contributed by atoms with Crippen molar-refractivity contribution in [3.05, 3.63) is 76.5 Å². The first-order valence-corrected chi connectivity index (χ1v) is 9.48. The number of hydrogen-bond acceptors (Lipinski definition) is 5. The molecule has 4 nitrogen and oxygen atoms in total. The third kappa shape index (κ3) is 5.11. The first-order valence-electron chi connectivity index (χ1n) is 8.60. The molecule has 0 N–H and O–H groups in total. The van der Waals surface area contributed by atoms with Gasteiger partial charge in [-0.05, 0) is 48.9 Å². The summed E-state index contributed by atoms with van der Waals surface area (Å²) in [6, 6.07) is 10.4. The summed E-state index contributed by atoms with van der Waals surface area (Å²) in [6.07, 6.45) is -4.45. The molecule has 2 aromatic carbocycles. The quantitative estimate of drug-likeness (QED) is 0.370. The molecule has 9 heteroatoms. The highest BCUT2D eigenvalue weighted by Crippen LogP contribution is 2.34. The number of esters is 1. The molecule has 0 fully saturated rings. The Morgan fingerprint density at radius 3 is 2.34 bits per heavy atom. The van der Waals surface area contributed by atoms with Crippen molar-refractivity contribution in [2.75, 3.05) is 11.5 Å². The molecule has 0 saturated carbocycles. The largest absolute Gasteiger partial charge is 0.461 e. The maximum absolute atomic E-state index is 13.2. The fourth-order valence-electron chi connectivity index (χ4n) is 2.56. The van der Waals surface area contributed by atoms with Crippen LogP contribution in [0.5, 0.6) is 0 Å². The molecule has 0 aliphatic rings. The lowest BCUT2D eigenvalue weighted by molar-refractivity contribution is -0.137. The van der Waals surface area contributed by atoms with Crippen molar-refractivity contribution in [1.82, 2.24) is 4.98 Å². The molecule has 0 bridgehead atoms. The molecule has 1 heterocycles. The number of nitrogens with zero attached hydrogens (tertiary/aromatic N) is 2. The Hall–Kier alpha value is -2.94. The number of carbonyl (C=O) groups is 1. The molecule has 0 atom stereocenters. The van der Waals surface area contributed by atoms with Gasteiger partial charge < -0.3 is 9.64 Å². The summed E-state index contributed by atoms with van der Waals surface area (Å²) in [5.74, 6) is -0.974. The summed E-state index contributed by atoms with van der Waals surface area (Å²) in [5, 5.41) is 1.92. The summed E-state index contributed by atoms with van der Waals surface area (Å²) >= 11 is 1.16. The molecule has 29 heavy (non-hydrogen) atoms. The molecule has 0 radical (unpaired) electrons. The van der Waals surface area contributed by atoms with Crippen molar-refractivity contribution in [3.8, 4) is 0 Å². The molecule has 0 aliphatic heterocycles. The lowest BCUT2D eigenvalue weighted by Crippen LogP contribution is -2.17. The average molecular weight is 424 g/mol. The number of rotatable bonds is 6. The van der Waals surface area contributed by atoms with E-state index in [2.05, 4.69) is 4.98 Å². The van der Waals surface area contributed by atoms with E-state index in [1.54, 1.807) is 24.0 Å². The monoisotopic (exact) mass is 424 g/mol. The second-order valence-electron chi connectivity index (χ2n) is 5.99. The van der Waals surface area contributed by atoms with Crippen LogP contribution in [-0.2, 0) is 17.5 Å². The molecule has 0 aliphatic carbocycles. The van der Waals surface area contributed by atoms with Crippen LogP contribution in [0, 0.1) is 5.82 Å². The third-order valence-corrected chi connectivity index (χ3v) is 4.83. The topological polar surface area (TPSA) is 42.4 Å². The van der Waals surface area contributed by atoms with E-state index in [-0.39, 0.29) is 18.8 Å². The Kier molecular flexibility index (Phi) is 6.17. The summed E-state index contributed by atoms with van der Waals surface area (Å²) in [5.41, 5.74) is 0.517. The Bertz CT molecular complexity index is 969. The number of alkyl halides is 3. The standard InChI is InChI=1S/C20H16F4N2O2S/c1-2-28-18(27)17-12-29-19(25-17)26(11-13-3-7-15(21)8-4-13)16-9-5-14(6-10-16)20(22,23)24/h3-10,12H,2,11H2,1H3. The molecule has 0 amide bonds. The van der Waals surface area contributed by atoms with Crippen LogP contribution in [0.2, 0.25) is 0 Å². The van der Waals surface area contributed by atoms with Gasteiger partial charge in [-0.2, -0.15) is 13.2 Å². The van der Waals surface area contributed by atoms with E-state index < -0.39 is 23.5 Å². The molecular formula is C20H16F4N2O2S. The van der Waals surface area contributed by atoms with Crippen molar-refractivity contribution in [2.45, 2.75) is 19.6 Å². The molecule has 1 aromatic heterocycles. The number of halogens is 4. The average Bonchev–Trinajstić information content (AvgIpc) is 3.17. The number of ether oxygens (including phenoxy) is 1. The van der Waals surface area contributed by atoms with Crippen LogP contribution in [0.4, 0.5) is 28.4 Å². The minimum atomic E-state index is -4.45. The predicted octanol–water partition coefficient (Wildman–Crippen LogP) is 5.82. The van der Waals surface area contributed by atoms with Gasteiger partial charge in [-0.1, -0.05) is 12.1 Å². The Balaban J connectivity index is 1.95. The van der Waals surface area contributed by atoms with E-state index in [1.807, 2.05) is 0 Å². The number of carbonyl (C=O) groups excluding carboxylic acids is 1. The van der Waals surface area contributed by atoms with Crippen molar-refractivity contribution >= 4 is 28.1 Å². The zero-order chi connectivity index (χ0) is 21.0. The highest BCUT2D eigenvalue weighted by molar-refractivity contribution is 7.14. The van der Waals surface area contributed by atoms with Crippen LogP contribution < -0.4 is 4.90 Å². The van der Waals surface area contributed by atoms with Gasteiger partial charge >= 0.3 is 12.1 Å². The van der Waals surface area contributed by atoms with Gasteiger partial charge in [0.1, 0.15) is 5.82 Å². The van der Waals surface area contributed by atoms with Crippen LogP contribution in [0.15, 0.2) is 53.9 Å². The fourth-order valence-corrected chi connectivity index (χ4v) is 3.37. The second-order valence-corrected chi connectivity index (χ2v) is 6.83. The maximum atomic E-state index is 13.2. The maximum Gasteiger partial charge on any atom is 0.416 e. The van der Waals surface area contributed by atoms with Gasteiger partial charge in [0.15, 0.2) is 10.8 Å². The lowest BCUT2D eigenvalue weighted by atomic mass is 10.1. The van der Waals surface area contributed by atoms with Crippen LogP contribution in [0.25, 0.3) is 0 Å². The number of anilines is 2. The van der Waals surface area contributed by atoms with Gasteiger partial charge in [-0.3, -0.25) is 0 Å². The molecule has 0 unspecified atom stereocenters. The van der Waals surface area contributed by atoms with E-state index >= 15 is 0 Å². The SMILES string of the molecule is CCOC(=O)c1csc(N(Cc2ccc(F)cc2)c2ccc(C(F)(F)F)cc2)n1. The zero-order valence-electron chi connectivity index (χ0n) is 15.2. The first-order chi connectivity index (χ1) is 13.8. The minimum absolute atomic E-state index is 0.114. The van der Waals surface area contributed by atoms with Gasteiger partial charge in [0.2, 0.25) is 0 Å². The van der Waals surface area contributed by atoms with Crippen LogP contribution in [-0.4, -0.2) is 17.6 Å². The van der Waals surface area contributed by atoms with E-state index in [0.29, 0.717) is 10.8 Å². The molecule has 152 valence electrons. The normalized spacial score (nSPS) is 11.3. The van der Waals surface area contributed by atoms with E-state index in [1.165, 1.54) is 29.6 Å². The van der Waals surface area contributed by atoms with E-state index in [0.717, 1.165) is 29.0 Å². The Morgan fingerprint density at radius 2 is 1.76 bits per heavy atom. The van der Waals surface area contributed by atoms with Crippen molar-refractivity contribution < 1.29 is 27.1 Å². The van der Waals surface area contributed by atoms with Crippen LogP contribution in [0.3, 0.4) is 0 Å². The second kappa shape index (κ2) is 8.60. The van der Waals surface area contributed by atoms with Crippen molar-refractivity contribution in [1.29, 1.82) is 0 Å². The molecular weight excluding hydrogens is 408 g/mol. The van der Waals surface area contributed by atoms with Crippen LogP contribution >= 0.6 is 11.3 Å². The van der Waals surface area contributed by atoms with Crippen LogP contribution in [0.1, 0.15) is 28.5 Å². The minimum Gasteiger partial charge on any atom is -0.461 e. The van der Waals surface area contributed by atoms with Gasteiger partial charge in [-0.25, -0.2) is 14.2 Å². The smallest absolute Gasteiger partial charge is 0.416 e. The molecule has 0 spiro atoms. The summed E-state index contributed by atoms with van der Waals surface area (Å²) in [4.78, 5) is 17.8. The molecule has 3 aromatic rings. The van der Waals surface area contributed by atoms with Gasteiger partial charge in [-0.15, -0.1) is 11.3 Å². The summed E-state index contributed by atoms with van der Waals surface area (Å²) in [6.45, 7) is 2.10. The van der Waals surface area contributed by atoms with E-state index in [9.17, 15) is 22.4 Å². The summed E-state index contributed by atoms with van der Waals surface area (Å²) < 4.78 is 56.8. The van der Waals surface area contributed by atoms with Gasteiger partial charge in [0.05, 0.1) is 18.7 Å². The number of aromatic nitrogens is 1. The number of hydrogen-bond donors (Lipinski definition) is 0. The first kappa shape index (κ1) is 20.8. The molecule has 3 rings (SSSR count). The lowest BCUT2D eigenvalue weighted by Gasteiger charge is -2.22. The van der Waals surface area contributed by atoms with E-state index in [4.69, 9.17) is 4.74 Å². The Morgan fingerprint density at radius 1 is 1.10 bits per heavy atom. The van der Waals surface area contributed by atoms with Gasteiger partial charge in [0, 0.05) is 11.1 Å². The number of thiazole rings is 1. The van der Waals surface area contributed by atoms with Gasteiger partial charge in [0.25, 0.3) is 0 Å². The predicted molar refractivity (Wildman–Crippen MR) is 102 cm³/mol. The number of benzene rings is 2. The highest BCUT2D eigenvalue weighted by atomic mass is 32.1. The van der Waals surface area contributed by atoms with Crippen molar-refractivity contribution in [2.24, 2.45) is 0 Å². The Labute approximate surface area is 168 Å². The summed E-state index contributed by atoms with van der Waals surface area (Å²) in [7, 11) is 0. The van der Waals surface area contributed by atoms with Crippen molar-refractivity contribution in [3.63, 3.8) is 0 Å². The molecule has 0 saturated heterocycles. The third-order valence-electron chi connectivity index (χ3n) is 3.97. The highest BCUT2D eigenvalue weighted by Gasteiger charge is 2.30.